The van der Waals surface area contributed by atoms with E-state index in [9.17, 15) is 0 Å². The highest BCUT2D eigenvalue weighted by Crippen LogP contribution is 2.15. The van der Waals surface area contributed by atoms with Crippen molar-refractivity contribution < 1.29 is 0 Å². The molecular formula is C21H29Cl2N5. The number of benzene rings is 1. The smallest absolute Gasteiger partial charge is 0.222 e. The quantitative estimate of drug-likeness (QED) is 0.504. The second kappa shape index (κ2) is 11.6. The van der Waals surface area contributed by atoms with Crippen LogP contribution in [0.4, 0.5) is 5.95 Å². The molecule has 2 aromatic rings. The highest BCUT2D eigenvalue weighted by molar-refractivity contribution is 6.31. The van der Waals surface area contributed by atoms with Crippen LogP contribution >= 0.6 is 23.2 Å². The zero-order chi connectivity index (χ0) is 19.6. The maximum atomic E-state index is 6.27. The lowest BCUT2D eigenvalue weighted by molar-refractivity contribution is 0.388. The molecule has 0 radical (unpaired) electrons. The van der Waals surface area contributed by atoms with Gasteiger partial charge in [0.1, 0.15) is 0 Å². The van der Waals surface area contributed by atoms with Gasteiger partial charge in [0.05, 0.1) is 16.9 Å². The van der Waals surface area contributed by atoms with Crippen molar-refractivity contribution in [2.24, 2.45) is 0 Å². The molecule has 152 valence electrons. The Morgan fingerprint density at radius 2 is 2.00 bits per heavy atom. The molecule has 3 N–H and O–H groups in total. The lowest BCUT2D eigenvalue weighted by Crippen LogP contribution is -2.35. The second-order valence-corrected chi connectivity index (χ2v) is 8.07. The number of hydrogen-bond acceptors (Lipinski definition) is 5. The van der Waals surface area contributed by atoms with Gasteiger partial charge < -0.3 is 16.0 Å². The van der Waals surface area contributed by atoms with Crippen LogP contribution in [0.3, 0.4) is 0 Å². The molecule has 1 aromatic heterocycles. The molecule has 1 atom stereocenters. The Hall–Kier alpha value is -1.40. The van der Waals surface area contributed by atoms with Gasteiger partial charge in [-0.2, -0.15) is 0 Å². The minimum Gasteiger partial charge on any atom is -0.354 e. The Morgan fingerprint density at radius 3 is 2.82 bits per heavy atom. The van der Waals surface area contributed by atoms with Crippen molar-refractivity contribution in [3.05, 3.63) is 51.8 Å². The first-order valence-electron chi connectivity index (χ1n) is 10.1. The zero-order valence-corrected chi connectivity index (χ0v) is 17.7. The molecule has 3 rings (SSSR count). The maximum absolute atomic E-state index is 6.27. The molecular weight excluding hydrogens is 393 g/mol. The third-order valence-corrected chi connectivity index (χ3v) is 5.57. The van der Waals surface area contributed by atoms with E-state index >= 15 is 0 Å². The number of anilines is 1. The van der Waals surface area contributed by atoms with Crippen molar-refractivity contribution in [1.82, 2.24) is 20.6 Å². The number of hydrogen-bond donors (Lipinski definition) is 3. The molecule has 5 nitrogen and oxygen atoms in total. The average Bonchev–Trinajstić information content (AvgIpc) is 2.71. The molecule has 0 saturated carbocycles. The molecule has 1 unspecified atom stereocenters. The molecule has 1 saturated heterocycles. The van der Waals surface area contributed by atoms with Crippen LogP contribution < -0.4 is 16.0 Å². The average molecular weight is 422 g/mol. The molecule has 1 aliphatic heterocycles. The Kier molecular flexibility index (Phi) is 8.80. The lowest BCUT2D eigenvalue weighted by Gasteiger charge is -2.23. The van der Waals surface area contributed by atoms with E-state index in [2.05, 4.69) is 32.0 Å². The van der Waals surface area contributed by atoms with E-state index < -0.39 is 0 Å². The number of piperidine rings is 1. The topological polar surface area (TPSA) is 61.9 Å². The summed E-state index contributed by atoms with van der Waals surface area (Å²) in [6, 6.07) is 8.59. The van der Waals surface area contributed by atoms with Gasteiger partial charge in [-0.1, -0.05) is 41.8 Å². The molecule has 7 heteroatoms. The fourth-order valence-electron chi connectivity index (χ4n) is 3.45. The summed E-state index contributed by atoms with van der Waals surface area (Å²) in [5, 5.41) is 11.7. The Bertz CT molecular complexity index is 734. The summed E-state index contributed by atoms with van der Waals surface area (Å²) in [4.78, 5) is 8.90. The van der Waals surface area contributed by atoms with Crippen molar-refractivity contribution in [3.63, 3.8) is 0 Å². The van der Waals surface area contributed by atoms with Crippen molar-refractivity contribution in [3.8, 4) is 0 Å². The first-order chi connectivity index (χ1) is 13.7. The predicted molar refractivity (Wildman–Crippen MR) is 118 cm³/mol. The monoisotopic (exact) mass is 421 g/mol. The van der Waals surface area contributed by atoms with Crippen molar-refractivity contribution in [1.29, 1.82) is 0 Å². The minimum absolute atomic E-state index is 0.608. The predicted octanol–water partition coefficient (Wildman–Crippen LogP) is 4.10. The van der Waals surface area contributed by atoms with E-state index in [1.165, 1.54) is 24.8 Å². The number of nitrogens with zero attached hydrogens (tertiary/aromatic N) is 2. The van der Waals surface area contributed by atoms with Gasteiger partial charge >= 0.3 is 0 Å². The lowest BCUT2D eigenvalue weighted by atomic mass is 10.0. The Balaban J connectivity index is 1.37. The van der Waals surface area contributed by atoms with E-state index in [0.29, 0.717) is 17.0 Å². The second-order valence-electron chi connectivity index (χ2n) is 7.23. The molecule has 0 spiro atoms. The zero-order valence-electron chi connectivity index (χ0n) is 16.2. The standard InChI is InChI=1S/C21H29Cl2N5/c22-17-5-3-4-16(14-17)7-11-24-12-9-20-19(23)15-27-21(28-20)26-13-8-18-6-1-2-10-25-18/h3-5,14-15,18,24-25H,1-2,6-13H2,(H,26,27,28). The van der Waals surface area contributed by atoms with Crippen LogP contribution in [0.5, 0.6) is 0 Å². The third-order valence-electron chi connectivity index (χ3n) is 5.02. The van der Waals surface area contributed by atoms with Gasteiger partial charge in [-0.3, -0.25) is 0 Å². The van der Waals surface area contributed by atoms with Crippen molar-refractivity contribution in [2.45, 2.75) is 44.6 Å². The van der Waals surface area contributed by atoms with Crippen LogP contribution in [0, 0.1) is 0 Å². The SMILES string of the molecule is Clc1cccc(CCNCCc2nc(NCCC3CCCCN3)ncc2Cl)c1. The van der Waals surface area contributed by atoms with Gasteiger partial charge in [-0.15, -0.1) is 0 Å². The fourth-order valence-corrected chi connectivity index (χ4v) is 3.85. The molecule has 1 aliphatic rings. The van der Waals surface area contributed by atoms with Crippen LogP contribution in [0.25, 0.3) is 0 Å². The number of halogens is 2. The number of rotatable bonds is 10. The molecule has 0 amide bonds. The van der Waals surface area contributed by atoms with Crippen LogP contribution in [-0.4, -0.2) is 42.2 Å². The summed E-state index contributed by atoms with van der Waals surface area (Å²) in [6.45, 7) is 3.72. The normalized spacial score (nSPS) is 16.9. The molecule has 1 fully saturated rings. The van der Waals surface area contributed by atoms with E-state index in [0.717, 1.165) is 56.2 Å². The van der Waals surface area contributed by atoms with E-state index in [1.807, 2.05) is 18.2 Å². The summed E-state index contributed by atoms with van der Waals surface area (Å²) in [7, 11) is 0. The number of aromatic nitrogens is 2. The Labute approximate surface area is 177 Å². The highest BCUT2D eigenvalue weighted by atomic mass is 35.5. The fraction of sp³-hybridized carbons (Fsp3) is 0.524. The van der Waals surface area contributed by atoms with Gasteiger partial charge in [-0.25, -0.2) is 9.97 Å². The van der Waals surface area contributed by atoms with Gasteiger partial charge in [0.15, 0.2) is 0 Å². The van der Waals surface area contributed by atoms with Gasteiger partial charge in [0.25, 0.3) is 0 Å². The largest absolute Gasteiger partial charge is 0.354 e. The van der Waals surface area contributed by atoms with Crippen molar-refractivity contribution >= 4 is 29.2 Å². The number of nitrogens with one attached hydrogen (secondary N) is 3. The van der Waals surface area contributed by atoms with Crippen LogP contribution in [0.15, 0.2) is 30.5 Å². The molecule has 0 aliphatic carbocycles. The third kappa shape index (κ3) is 7.21. The Morgan fingerprint density at radius 1 is 1.11 bits per heavy atom. The molecule has 1 aromatic carbocycles. The summed E-state index contributed by atoms with van der Waals surface area (Å²) < 4.78 is 0. The summed E-state index contributed by atoms with van der Waals surface area (Å²) >= 11 is 12.3. The van der Waals surface area contributed by atoms with Crippen LogP contribution in [0.1, 0.15) is 36.9 Å². The highest BCUT2D eigenvalue weighted by Gasteiger charge is 2.12. The summed E-state index contributed by atoms with van der Waals surface area (Å²) in [5.74, 6) is 0.661. The maximum Gasteiger partial charge on any atom is 0.222 e. The minimum atomic E-state index is 0.608. The van der Waals surface area contributed by atoms with E-state index in [1.54, 1.807) is 6.20 Å². The van der Waals surface area contributed by atoms with E-state index in [-0.39, 0.29) is 0 Å². The molecule has 28 heavy (non-hydrogen) atoms. The first kappa shape index (κ1) is 21.3. The first-order valence-corrected chi connectivity index (χ1v) is 10.9. The van der Waals surface area contributed by atoms with Gasteiger partial charge in [0.2, 0.25) is 5.95 Å². The van der Waals surface area contributed by atoms with Gasteiger partial charge in [0, 0.05) is 30.6 Å². The van der Waals surface area contributed by atoms with Crippen LogP contribution in [0.2, 0.25) is 10.0 Å². The molecule has 2 heterocycles. The van der Waals surface area contributed by atoms with E-state index in [4.69, 9.17) is 23.2 Å². The molecule has 0 bridgehead atoms. The summed E-state index contributed by atoms with van der Waals surface area (Å²) in [6.07, 6.45) is 8.37. The van der Waals surface area contributed by atoms with Crippen LogP contribution in [-0.2, 0) is 12.8 Å². The summed E-state index contributed by atoms with van der Waals surface area (Å²) in [5.41, 5.74) is 2.12. The van der Waals surface area contributed by atoms with Gasteiger partial charge in [-0.05, 0) is 56.5 Å². The van der Waals surface area contributed by atoms with Crippen molar-refractivity contribution in [2.75, 3.05) is 31.5 Å².